The molecular formula is C17H17Cl2NO. The summed E-state index contributed by atoms with van der Waals surface area (Å²) in [5, 5.41) is 3.72. The monoisotopic (exact) mass is 321 g/mol. The molecule has 0 unspecified atom stereocenters. The van der Waals surface area contributed by atoms with Gasteiger partial charge < -0.3 is 5.32 Å². The molecule has 0 atom stereocenters. The number of carbonyl (C=O) groups excluding carboxylic acids is 1. The van der Waals surface area contributed by atoms with Gasteiger partial charge in [-0.15, -0.1) is 0 Å². The Morgan fingerprint density at radius 2 is 1.48 bits per heavy atom. The zero-order valence-electron chi connectivity index (χ0n) is 12.2. The molecule has 0 bridgehead atoms. The van der Waals surface area contributed by atoms with Gasteiger partial charge in [-0.2, -0.15) is 0 Å². The lowest BCUT2D eigenvalue weighted by atomic mass is 9.87. The van der Waals surface area contributed by atoms with Gasteiger partial charge in [0.15, 0.2) is 0 Å². The molecule has 0 aliphatic rings. The Kier molecular flexibility index (Phi) is 4.60. The van der Waals surface area contributed by atoms with E-state index in [1.807, 2.05) is 24.3 Å². The second-order valence-corrected chi connectivity index (χ2v) is 6.81. The van der Waals surface area contributed by atoms with Crippen molar-refractivity contribution in [2.75, 3.05) is 5.32 Å². The number of amides is 1. The van der Waals surface area contributed by atoms with Crippen molar-refractivity contribution < 1.29 is 4.79 Å². The zero-order valence-corrected chi connectivity index (χ0v) is 13.7. The van der Waals surface area contributed by atoms with E-state index < -0.39 is 0 Å². The Morgan fingerprint density at radius 3 is 1.95 bits per heavy atom. The molecule has 0 saturated heterocycles. The fourth-order valence-electron chi connectivity index (χ4n) is 1.94. The first-order valence-electron chi connectivity index (χ1n) is 6.64. The van der Waals surface area contributed by atoms with Crippen LogP contribution in [-0.4, -0.2) is 5.91 Å². The Hall–Kier alpha value is -1.51. The number of rotatable bonds is 2. The predicted octanol–water partition coefficient (Wildman–Crippen LogP) is 5.54. The van der Waals surface area contributed by atoms with Crippen LogP contribution in [0.2, 0.25) is 10.0 Å². The van der Waals surface area contributed by atoms with Gasteiger partial charge in [0, 0.05) is 21.3 Å². The molecule has 0 aromatic heterocycles. The summed E-state index contributed by atoms with van der Waals surface area (Å²) in [5.41, 5.74) is 2.48. The molecule has 2 aromatic carbocycles. The largest absolute Gasteiger partial charge is 0.322 e. The minimum absolute atomic E-state index is 0.0863. The van der Waals surface area contributed by atoms with E-state index in [1.165, 1.54) is 5.56 Å². The maximum atomic E-state index is 12.2. The quantitative estimate of drug-likeness (QED) is 0.772. The molecule has 1 N–H and O–H groups in total. The van der Waals surface area contributed by atoms with Crippen LogP contribution < -0.4 is 5.32 Å². The molecule has 0 aliphatic carbocycles. The van der Waals surface area contributed by atoms with Crippen LogP contribution in [0.15, 0.2) is 42.5 Å². The summed E-state index contributed by atoms with van der Waals surface area (Å²) in [4.78, 5) is 12.2. The lowest BCUT2D eigenvalue weighted by Crippen LogP contribution is -2.13. The van der Waals surface area contributed by atoms with Crippen molar-refractivity contribution in [2.45, 2.75) is 26.2 Å². The van der Waals surface area contributed by atoms with E-state index in [1.54, 1.807) is 18.2 Å². The summed E-state index contributed by atoms with van der Waals surface area (Å²) in [6, 6.07) is 12.6. The number of carbonyl (C=O) groups is 1. The first kappa shape index (κ1) is 15.9. The van der Waals surface area contributed by atoms with E-state index in [9.17, 15) is 4.79 Å². The molecule has 21 heavy (non-hydrogen) atoms. The van der Waals surface area contributed by atoms with Gasteiger partial charge in [0.1, 0.15) is 0 Å². The highest BCUT2D eigenvalue weighted by Gasteiger charge is 2.13. The second-order valence-electron chi connectivity index (χ2n) is 5.94. The van der Waals surface area contributed by atoms with Crippen LogP contribution in [0.4, 0.5) is 5.69 Å². The van der Waals surface area contributed by atoms with E-state index in [-0.39, 0.29) is 11.3 Å². The number of hydrogen-bond donors (Lipinski definition) is 1. The van der Waals surface area contributed by atoms with E-state index in [2.05, 4.69) is 26.1 Å². The van der Waals surface area contributed by atoms with Crippen LogP contribution >= 0.6 is 23.2 Å². The fourth-order valence-corrected chi connectivity index (χ4v) is 2.47. The standard InChI is InChI=1S/C17H17Cl2NO/c1-17(2,3)12-4-6-15(7-5-12)20-16(21)11-8-13(18)10-14(19)9-11/h4-10H,1-3H3,(H,20,21). The first-order valence-corrected chi connectivity index (χ1v) is 7.39. The summed E-state index contributed by atoms with van der Waals surface area (Å²) in [6.07, 6.45) is 0. The molecule has 0 fully saturated rings. The Bertz CT molecular complexity index is 637. The molecule has 4 heteroatoms. The minimum Gasteiger partial charge on any atom is -0.322 e. The van der Waals surface area contributed by atoms with Crippen molar-refractivity contribution >= 4 is 34.8 Å². The number of nitrogens with one attached hydrogen (secondary N) is 1. The molecule has 0 spiro atoms. The van der Waals surface area contributed by atoms with Crippen LogP contribution in [0.1, 0.15) is 36.7 Å². The van der Waals surface area contributed by atoms with Crippen LogP contribution in [0, 0.1) is 0 Å². The van der Waals surface area contributed by atoms with Crippen molar-refractivity contribution in [3.63, 3.8) is 0 Å². The van der Waals surface area contributed by atoms with E-state index in [0.717, 1.165) is 5.69 Å². The van der Waals surface area contributed by atoms with Crippen LogP contribution in [-0.2, 0) is 5.41 Å². The van der Waals surface area contributed by atoms with Gasteiger partial charge >= 0.3 is 0 Å². The van der Waals surface area contributed by atoms with Gasteiger partial charge in [-0.1, -0.05) is 56.1 Å². The number of hydrogen-bond acceptors (Lipinski definition) is 1. The highest BCUT2D eigenvalue weighted by molar-refractivity contribution is 6.35. The molecule has 2 rings (SSSR count). The third kappa shape index (κ3) is 4.23. The molecule has 2 nitrogen and oxygen atoms in total. The lowest BCUT2D eigenvalue weighted by Gasteiger charge is -2.19. The van der Waals surface area contributed by atoms with E-state index >= 15 is 0 Å². The summed E-state index contributed by atoms with van der Waals surface area (Å²) >= 11 is 11.8. The number of benzene rings is 2. The maximum absolute atomic E-state index is 12.2. The predicted molar refractivity (Wildman–Crippen MR) is 89.6 cm³/mol. The van der Waals surface area contributed by atoms with Gasteiger partial charge in [-0.3, -0.25) is 4.79 Å². The topological polar surface area (TPSA) is 29.1 Å². The average Bonchev–Trinajstić information content (AvgIpc) is 2.37. The molecule has 110 valence electrons. The highest BCUT2D eigenvalue weighted by Crippen LogP contribution is 2.24. The molecule has 0 aliphatic heterocycles. The van der Waals surface area contributed by atoms with Gasteiger partial charge in [0.25, 0.3) is 5.91 Å². The Morgan fingerprint density at radius 1 is 0.952 bits per heavy atom. The van der Waals surface area contributed by atoms with Gasteiger partial charge in [0.05, 0.1) is 0 Å². The summed E-state index contributed by atoms with van der Waals surface area (Å²) in [5.74, 6) is -0.233. The maximum Gasteiger partial charge on any atom is 0.255 e. The van der Waals surface area contributed by atoms with Crippen LogP contribution in [0.25, 0.3) is 0 Å². The molecule has 0 saturated carbocycles. The average molecular weight is 322 g/mol. The van der Waals surface area contributed by atoms with E-state index in [4.69, 9.17) is 23.2 Å². The Balaban J connectivity index is 2.16. The smallest absolute Gasteiger partial charge is 0.255 e. The van der Waals surface area contributed by atoms with Crippen molar-refractivity contribution in [3.8, 4) is 0 Å². The summed E-state index contributed by atoms with van der Waals surface area (Å²) in [7, 11) is 0. The normalized spacial score (nSPS) is 11.3. The molecule has 1 amide bonds. The van der Waals surface area contributed by atoms with Crippen LogP contribution in [0.3, 0.4) is 0 Å². The van der Waals surface area contributed by atoms with E-state index in [0.29, 0.717) is 15.6 Å². The van der Waals surface area contributed by atoms with Crippen molar-refractivity contribution in [1.82, 2.24) is 0 Å². The van der Waals surface area contributed by atoms with Crippen molar-refractivity contribution in [2.24, 2.45) is 0 Å². The molecule has 2 aromatic rings. The van der Waals surface area contributed by atoms with Crippen molar-refractivity contribution in [1.29, 1.82) is 0 Å². The first-order chi connectivity index (χ1) is 9.75. The molecule has 0 heterocycles. The molecule has 0 radical (unpaired) electrons. The van der Waals surface area contributed by atoms with Gasteiger partial charge in [-0.05, 0) is 41.3 Å². The lowest BCUT2D eigenvalue weighted by molar-refractivity contribution is 0.102. The van der Waals surface area contributed by atoms with Gasteiger partial charge in [-0.25, -0.2) is 0 Å². The van der Waals surface area contributed by atoms with Crippen LogP contribution in [0.5, 0.6) is 0 Å². The third-order valence-electron chi connectivity index (χ3n) is 3.13. The highest BCUT2D eigenvalue weighted by atomic mass is 35.5. The molecular weight excluding hydrogens is 305 g/mol. The summed E-state index contributed by atoms with van der Waals surface area (Å²) in [6.45, 7) is 6.44. The second kappa shape index (κ2) is 6.08. The number of anilines is 1. The number of halogens is 2. The van der Waals surface area contributed by atoms with Crippen molar-refractivity contribution in [3.05, 3.63) is 63.6 Å². The van der Waals surface area contributed by atoms with Gasteiger partial charge in [0.2, 0.25) is 0 Å². The minimum atomic E-state index is -0.233. The summed E-state index contributed by atoms with van der Waals surface area (Å²) < 4.78 is 0. The SMILES string of the molecule is CC(C)(C)c1ccc(NC(=O)c2cc(Cl)cc(Cl)c2)cc1. The Labute approximate surface area is 135 Å². The zero-order chi connectivity index (χ0) is 15.6. The third-order valence-corrected chi connectivity index (χ3v) is 3.57. The fraction of sp³-hybridized carbons (Fsp3) is 0.235.